The second-order valence-corrected chi connectivity index (χ2v) is 4.30. The van der Waals surface area contributed by atoms with Crippen molar-refractivity contribution in [2.45, 2.75) is 5.75 Å². The third kappa shape index (κ3) is 5.36. The van der Waals surface area contributed by atoms with Crippen molar-refractivity contribution in [3.63, 3.8) is 0 Å². The standard InChI is InChI=1S/C10H15N7S/c1-13-10(16-7-11)15-4-5-18-6-8-2-3-14-9(12)17-8/h2-3H,4-6H2,1H3,(H2,12,14,17)(H2,13,15,16). The van der Waals surface area contributed by atoms with Crippen LogP contribution in [0.4, 0.5) is 5.95 Å². The Labute approximate surface area is 110 Å². The summed E-state index contributed by atoms with van der Waals surface area (Å²) < 4.78 is 0. The van der Waals surface area contributed by atoms with Crippen LogP contribution < -0.4 is 16.4 Å². The highest BCUT2D eigenvalue weighted by Gasteiger charge is 1.98. The lowest BCUT2D eigenvalue weighted by Gasteiger charge is -2.06. The SMILES string of the molecule is CN=C(NC#N)NCCSCc1ccnc(N)n1. The van der Waals surface area contributed by atoms with Crippen molar-refractivity contribution >= 4 is 23.7 Å². The Morgan fingerprint density at radius 2 is 2.50 bits per heavy atom. The van der Waals surface area contributed by atoms with Crippen molar-refractivity contribution in [1.29, 1.82) is 5.26 Å². The summed E-state index contributed by atoms with van der Waals surface area (Å²) in [6.45, 7) is 0.715. The fourth-order valence-electron chi connectivity index (χ4n) is 1.14. The predicted molar refractivity (Wildman–Crippen MR) is 72.7 cm³/mol. The highest BCUT2D eigenvalue weighted by Crippen LogP contribution is 2.09. The molecule has 0 saturated carbocycles. The van der Waals surface area contributed by atoms with Crippen LogP contribution in [0.3, 0.4) is 0 Å². The van der Waals surface area contributed by atoms with E-state index in [1.807, 2.05) is 12.3 Å². The molecule has 0 unspecified atom stereocenters. The quantitative estimate of drug-likeness (QED) is 0.225. The lowest BCUT2D eigenvalue weighted by atomic mass is 10.5. The molecule has 0 radical (unpaired) electrons. The molecule has 0 aromatic carbocycles. The second kappa shape index (κ2) is 8.14. The average molecular weight is 265 g/mol. The minimum absolute atomic E-state index is 0.296. The summed E-state index contributed by atoms with van der Waals surface area (Å²) in [4.78, 5) is 11.8. The van der Waals surface area contributed by atoms with Crippen molar-refractivity contribution in [2.75, 3.05) is 25.1 Å². The highest BCUT2D eigenvalue weighted by atomic mass is 32.2. The summed E-state index contributed by atoms with van der Waals surface area (Å²) >= 11 is 1.71. The van der Waals surface area contributed by atoms with Gasteiger partial charge in [0.15, 0.2) is 6.19 Å². The fourth-order valence-corrected chi connectivity index (χ4v) is 1.90. The normalized spacial score (nSPS) is 10.8. The molecule has 0 spiro atoms. The van der Waals surface area contributed by atoms with Gasteiger partial charge in [-0.3, -0.25) is 10.3 Å². The minimum atomic E-state index is 0.296. The molecule has 1 rings (SSSR count). The Bertz CT molecular complexity index is 440. The topological polar surface area (TPSA) is 112 Å². The molecule has 0 aliphatic heterocycles. The van der Waals surface area contributed by atoms with E-state index in [-0.39, 0.29) is 0 Å². The van der Waals surface area contributed by atoms with Gasteiger partial charge in [0.05, 0.1) is 5.69 Å². The van der Waals surface area contributed by atoms with Crippen molar-refractivity contribution in [3.8, 4) is 6.19 Å². The molecule has 0 bridgehead atoms. The number of nitrogen functional groups attached to an aromatic ring is 1. The van der Waals surface area contributed by atoms with E-state index in [0.29, 0.717) is 18.5 Å². The summed E-state index contributed by atoms with van der Waals surface area (Å²) in [6.07, 6.45) is 3.46. The van der Waals surface area contributed by atoms with E-state index in [1.54, 1.807) is 25.0 Å². The van der Waals surface area contributed by atoms with E-state index in [1.165, 1.54) is 0 Å². The zero-order valence-electron chi connectivity index (χ0n) is 10.1. The first-order chi connectivity index (χ1) is 8.76. The van der Waals surface area contributed by atoms with Crippen LogP contribution in [0.15, 0.2) is 17.3 Å². The molecule has 4 N–H and O–H groups in total. The number of aromatic nitrogens is 2. The Kier molecular flexibility index (Phi) is 6.35. The molecule has 0 aliphatic rings. The van der Waals surface area contributed by atoms with Crippen molar-refractivity contribution in [2.24, 2.45) is 4.99 Å². The van der Waals surface area contributed by atoms with Crippen molar-refractivity contribution in [3.05, 3.63) is 18.0 Å². The van der Waals surface area contributed by atoms with Crippen LogP contribution in [-0.2, 0) is 5.75 Å². The molecular formula is C10H15N7S. The van der Waals surface area contributed by atoms with E-state index >= 15 is 0 Å². The van der Waals surface area contributed by atoms with Crippen molar-refractivity contribution < 1.29 is 0 Å². The summed E-state index contributed by atoms with van der Waals surface area (Å²) in [6, 6.07) is 1.84. The van der Waals surface area contributed by atoms with Crippen LogP contribution in [0.25, 0.3) is 0 Å². The number of aliphatic imine (C=N–C) groups is 1. The summed E-state index contributed by atoms with van der Waals surface area (Å²) in [5.74, 6) is 2.42. The van der Waals surface area contributed by atoms with Gasteiger partial charge in [-0.2, -0.15) is 17.0 Å². The van der Waals surface area contributed by atoms with Crippen LogP contribution >= 0.6 is 11.8 Å². The van der Waals surface area contributed by atoms with Crippen molar-refractivity contribution in [1.82, 2.24) is 20.6 Å². The Hall–Kier alpha value is -2.01. The largest absolute Gasteiger partial charge is 0.368 e. The van der Waals surface area contributed by atoms with Gasteiger partial charge in [0.2, 0.25) is 11.9 Å². The smallest absolute Gasteiger partial charge is 0.220 e. The summed E-state index contributed by atoms with van der Waals surface area (Å²) in [5, 5.41) is 13.9. The number of thioether (sulfide) groups is 1. The third-order valence-electron chi connectivity index (χ3n) is 1.92. The van der Waals surface area contributed by atoms with Gasteiger partial charge in [0, 0.05) is 31.3 Å². The van der Waals surface area contributed by atoms with E-state index < -0.39 is 0 Å². The van der Waals surface area contributed by atoms with Gasteiger partial charge >= 0.3 is 0 Å². The third-order valence-corrected chi connectivity index (χ3v) is 2.91. The number of guanidine groups is 1. The number of hydrogen-bond donors (Lipinski definition) is 3. The first-order valence-electron chi connectivity index (χ1n) is 5.27. The zero-order chi connectivity index (χ0) is 13.2. The van der Waals surface area contributed by atoms with Crippen LogP contribution in [0.1, 0.15) is 5.69 Å². The van der Waals surface area contributed by atoms with E-state index in [9.17, 15) is 0 Å². The Morgan fingerprint density at radius 1 is 1.67 bits per heavy atom. The Balaban J connectivity index is 2.18. The van der Waals surface area contributed by atoms with Crippen LogP contribution in [0.5, 0.6) is 0 Å². The maximum Gasteiger partial charge on any atom is 0.220 e. The average Bonchev–Trinajstić information content (AvgIpc) is 2.37. The van der Waals surface area contributed by atoms with Gasteiger partial charge in [0.1, 0.15) is 0 Å². The zero-order valence-corrected chi connectivity index (χ0v) is 10.9. The number of nitrogens with zero attached hydrogens (tertiary/aromatic N) is 4. The van der Waals surface area contributed by atoms with E-state index in [0.717, 1.165) is 17.2 Å². The number of anilines is 1. The number of nitriles is 1. The lowest BCUT2D eigenvalue weighted by molar-refractivity contribution is 0.930. The van der Waals surface area contributed by atoms with Crippen LogP contribution in [0, 0.1) is 11.5 Å². The predicted octanol–water partition coefficient (Wildman–Crippen LogP) is -0.0619. The van der Waals surface area contributed by atoms with Gasteiger partial charge in [-0.05, 0) is 6.07 Å². The molecular weight excluding hydrogens is 250 g/mol. The van der Waals surface area contributed by atoms with Gasteiger partial charge in [-0.15, -0.1) is 0 Å². The molecule has 7 nitrogen and oxygen atoms in total. The summed E-state index contributed by atoms with van der Waals surface area (Å²) in [7, 11) is 1.61. The number of nitrogens with one attached hydrogen (secondary N) is 2. The first kappa shape index (κ1) is 14.1. The van der Waals surface area contributed by atoms with Gasteiger partial charge < -0.3 is 11.1 Å². The summed E-state index contributed by atoms with van der Waals surface area (Å²) in [5.41, 5.74) is 6.39. The molecule has 96 valence electrons. The lowest BCUT2D eigenvalue weighted by Crippen LogP contribution is -2.35. The molecule has 8 heteroatoms. The van der Waals surface area contributed by atoms with E-state index in [2.05, 4.69) is 25.6 Å². The van der Waals surface area contributed by atoms with Gasteiger partial charge in [-0.1, -0.05) is 0 Å². The van der Waals surface area contributed by atoms with Gasteiger partial charge in [0.25, 0.3) is 0 Å². The second-order valence-electron chi connectivity index (χ2n) is 3.19. The molecule has 0 aliphatic carbocycles. The van der Waals surface area contributed by atoms with Gasteiger partial charge in [-0.25, -0.2) is 9.97 Å². The molecule has 1 heterocycles. The first-order valence-corrected chi connectivity index (χ1v) is 6.42. The number of rotatable bonds is 5. The monoisotopic (exact) mass is 265 g/mol. The number of hydrogen-bond acceptors (Lipinski definition) is 6. The maximum atomic E-state index is 8.43. The molecule has 0 amide bonds. The van der Waals surface area contributed by atoms with Crippen LogP contribution in [0.2, 0.25) is 0 Å². The molecule has 18 heavy (non-hydrogen) atoms. The minimum Gasteiger partial charge on any atom is -0.368 e. The number of nitrogens with two attached hydrogens (primary N) is 1. The van der Waals surface area contributed by atoms with Crippen LogP contribution in [-0.4, -0.2) is 35.3 Å². The molecule has 0 fully saturated rings. The molecule has 1 aromatic rings. The molecule has 0 saturated heterocycles. The highest BCUT2D eigenvalue weighted by molar-refractivity contribution is 7.98. The maximum absolute atomic E-state index is 8.43. The molecule has 0 atom stereocenters. The molecule has 1 aromatic heterocycles. The fraction of sp³-hybridized carbons (Fsp3) is 0.400. The van der Waals surface area contributed by atoms with E-state index in [4.69, 9.17) is 11.0 Å². The Morgan fingerprint density at radius 3 is 3.17 bits per heavy atom.